The molecule has 0 bridgehead atoms. The lowest BCUT2D eigenvalue weighted by Gasteiger charge is -2.30. The Kier molecular flexibility index (Phi) is 9.44. The Morgan fingerprint density at radius 3 is 2.19 bits per heavy atom. The number of unbranched alkanes of at least 4 members (excludes halogenated alkanes) is 3. The van der Waals surface area contributed by atoms with Crippen LogP contribution in [0.15, 0.2) is 48.5 Å². The van der Waals surface area contributed by atoms with Crippen LogP contribution < -0.4 is 0 Å². The molecule has 1 aliphatic heterocycles. The van der Waals surface area contributed by atoms with E-state index in [9.17, 15) is 9.59 Å². The van der Waals surface area contributed by atoms with Crippen molar-refractivity contribution in [1.82, 2.24) is 4.90 Å². The van der Waals surface area contributed by atoms with E-state index in [4.69, 9.17) is 9.47 Å². The molecule has 3 rings (SSSR count). The van der Waals surface area contributed by atoms with Crippen molar-refractivity contribution >= 4 is 11.8 Å². The predicted molar refractivity (Wildman–Crippen MR) is 127 cm³/mol. The third-order valence-electron chi connectivity index (χ3n) is 5.93. The third kappa shape index (κ3) is 7.28. The number of ether oxygens (including phenoxy) is 2. The predicted octanol–water partition coefficient (Wildman–Crippen LogP) is 5.44. The maximum Gasteiger partial charge on any atom is 0.305 e. The fourth-order valence-electron chi connectivity index (χ4n) is 4.00. The quantitative estimate of drug-likeness (QED) is 0.266. The number of rotatable bonds is 11. The Morgan fingerprint density at radius 1 is 0.938 bits per heavy atom. The Labute approximate surface area is 191 Å². The summed E-state index contributed by atoms with van der Waals surface area (Å²) >= 11 is 0. The van der Waals surface area contributed by atoms with Gasteiger partial charge < -0.3 is 14.4 Å². The highest BCUT2D eigenvalue weighted by molar-refractivity contribution is 5.96. The highest BCUT2D eigenvalue weighted by atomic mass is 16.5. The summed E-state index contributed by atoms with van der Waals surface area (Å²) in [6, 6.07) is 16.4. The molecule has 5 nitrogen and oxygen atoms in total. The fraction of sp³-hybridized carbons (Fsp3) is 0.481. The van der Waals surface area contributed by atoms with Crippen LogP contribution in [-0.4, -0.2) is 50.0 Å². The minimum atomic E-state index is -0.131. The van der Waals surface area contributed by atoms with Crippen molar-refractivity contribution in [1.29, 1.82) is 0 Å². The standard InChI is InChI=1S/C27H35NO4/c1-3-31-27(30)9-7-5-4-6-8-25(29)23-14-10-21(11-15-23)22-12-16-24(17-13-22)26-20-28(2)18-19-32-26/h10-17,26H,3-9,18-20H2,1-2H3. The van der Waals surface area contributed by atoms with E-state index in [1.54, 1.807) is 0 Å². The summed E-state index contributed by atoms with van der Waals surface area (Å²) in [6.07, 6.45) is 4.72. The molecule has 1 atom stereocenters. The van der Waals surface area contributed by atoms with Crippen LogP contribution >= 0.6 is 0 Å². The first-order valence-electron chi connectivity index (χ1n) is 11.8. The van der Waals surface area contributed by atoms with Crippen LogP contribution in [0.25, 0.3) is 11.1 Å². The number of hydrogen-bond acceptors (Lipinski definition) is 5. The first-order chi connectivity index (χ1) is 15.6. The minimum absolute atomic E-state index is 0.131. The highest BCUT2D eigenvalue weighted by Gasteiger charge is 2.19. The van der Waals surface area contributed by atoms with Gasteiger partial charge in [0.25, 0.3) is 0 Å². The molecule has 1 saturated heterocycles. The van der Waals surface area contributed by atoms with Gasteiger partial charge in [0.2, 0.25) is 0 Å². The van der Waals surface area contributed by atoms with Crippen LogP contribution in [0.5, 0.6) is 0 Å². The lowest BCUT2D eigenvalue weighted by atomic mass is 9.98. The van der Waals surface area contributed by atoms with Crippen LogP contribution in [-0.2, 0) is 14.3 Å². The molecule has 0 N–H and O–H groups in total. The van der Waals surface area contributed by atoms with E-state index in [0.717, 1.165) is 62.1 Å². The fourth-order valence-corrected chi connectivity index (χ4v) is 4.00. The number of esters is 1. The van der Waals surface area contributed by atoms with Crippen molar-refractivity contribution in [3.8, 4) is 11.1 Å². The molecule has 1 unspecified atom stereocenters. The van der Waals surface area contributed by atoms with Gasteiger partial charge >= 0.3 is 5.97 Å². The van der Waals surface area contributed by atoms with Gasteiger partial charge in [-0.2, -0.15) is 0 Å². The number of nitrogens with zero attached hydrogens (tertiary/aromatic N) is 1. The van der Waals surface area contributed by atoms with Crippen LogP contribution in [0.1, 0.15) is 67.5 Å². The third-order valence-corrected chi connectivity index (χ3v) is 5.93. The average Bonchev–Trinajstić information content (AvgIpc) is 2.81. The molecule has 172 valence electrons. The second kappa shape index (κ2) is 12.5. The van der Waals surface area contributed by atoms with Crippen LogP contribution in [0, 0.1) is 0 Å². The zero-order valence-corrected chi connectivity index (χ0v) is 19.3. The lowest BCUT2D eigenvalue weighted by Crippen LogP contribution is -2.35. The van der Waals surface area contributed by atoms with E-state index in [2.05, 4.69) is 36.2 Å². The monoisotopic (exact) mass is 437 g/mol. The van der Waals surface area contributed by atoms with Gasteiger partial charge in [-0.3, -0.25) is 9.59 Å². The molecule has 2 aromatic carbocycles. The van der Waals surface area contributed by atoms with E-state index < -0.39 is 0 Å². The summed E-state index contributed by atoms with van der Waals surface area (Å²) in [4.78, 5) is 26.1. The van der Waals surface area contributed by atoms with E-state index >= 15 is 0 Å². The number of morpholine rings is 1. The van der Waals surface area contributed by atoms with Gasteiger partial charge in [0, 0.05) is 31.5 Å². The molecule has 0 amide bonds. The number of ketones is 1. The Balaban J connectivity index is 1.44. The maximum atomic E-state index is 12.5. The largest absolute Gasteiger partial charge is 0.466 e. The molecule has 1 fully saturated rings. The Hall–Kier alpha value is -2.50. The number of benzene rings is 2. The number of hydrogen-bond donors (Lipinski definition) is 0. The molecular weight excluding hydrogens is 402 g/mol. The normalized spacial score (nSPS) is 16.6. The zero-order valence-electron chi connectivity index (χ0n) is 19.3. The summed E-state index contributed by atoms with van der Waals surface area (Å²) in [5.74, 6) is 0.0455. The molecule has 0 saturated carbocycles. The van der Waals surface area contributed by atoms with E-state index in [0.29, 0.717) is 19.4 Å². The molecule has 1 aliphatic rings. The van der Waals surface area contributed by atoms with Crippen molar-refractivity contribution < 1.29 is 19.1 Å². The van der Waals surface area contributed by atoms with Crippen LogP contribution in [0.2, 0.25) is 0 Å². The van der Waals surface area contributed by atoms with E-state index in [1.165, 1.54) is 5.56 Å². The summed E-state index contributed by atoms with van der Waals surface area (Å²) in [5.41, 5.74) is 4.21. The number of carbonyl (C=O) groups is 2. The molecule has 2 aromatic rings. The van der Waals surface area contributed by atoms with Crippen molar-refractivity contribution in [2.45, 2.75) is 51.6 Å². The Bertz CT molecular complexity index is 860. The first-order valence-corrected chi connectivity index (χ1v) is 11.8. The van der Waals surface area contributed by atoms with Crippen molar-refractivity contribution in [3.63, 3.8) is 0 Å². The minimum Gasteiger partial charge on any atom is -0.466 e. The van der Waals surface area contributed by atoms with E-state index in [-0.39, 0.29) is 17.9 Å². The number of Topliss-reactive ketones (excluding diaryl/α,β-unsaturated/α-hetero) is 1. The summed E-state index contributed by atoms with van der Waals surface area (Å²) < 4.78 is 10.8. The van der Waals surface area contributed by atoms with Crippen molar-refractivity contribution in [2.24, 2.45) is 0 Å². The molecular formula is C27H35NO4. The highest BCUT2D eigenvalue weighted by Crippen LogP contribution is 2.26. The number of likely N-dealkylation sites (N-methyl/N-ethyl adjacent to an activating group) is 1. The van der Waals surface area contributed by atoms with Gasteiger partial charge in [0.1, 0.15) is 0 Å². The SMILES string of the molecule is CCOC(=O)CCCCCCC(=O)c1ccc(-c2ccc(C3CN(C)CCO3)cc2)cc1. The molecule has 32 heavy (non-hydrogen) atoms. The molecule has 0 aliphatic carbocycles. The van der Waals surface area contributed by atoms with Crippen molar-refractivity contribution in [2.75, 3.05) is 33.4 Å². The van der Waals surface area contributed by atoms with Gasteiger partial charge in [-0.05, 0) is 43.5 Å². The maximum absolute atomic E-state index is 12.5. The van der Waals surface area contributed by atoms with Gasteiger partial charge in [-0.15, -0.1) is 0 Å². The van der Waals surface area contributed by atoms with Gasteiger partial charge in [-0.1, -0.05) is 61.4 Å². The molecule has 5 heteroatoms. The number of carbonyl (C=O) groups excluding carboxylic acids is 2. The Morgan fingerprint density at radius 2 is 1.56 bits per heavy atom. The van der Waals surface area contributed by atoms with Crippen LogP contribution in [0.4, 0.5) is 0 Å². The molecule has 0 aromatic heterocycles. The average molecular weight is 438 g/mol. The molecule has 0 radical (unpaired) electrons. The second-order valence-corrected chi connectivity index (χ2v) is 8.46. The topological polar surface area (TPSA) is 55.8 Å². The smallest absolute Gasteiger partial charge is 0.305 e. The lowest BCUT2D eigenvalue weighted by molar-refractivity contribution is -0.143. The van der Waals surface area contributed by atoms with Crippen molar-refractivity contribution in [3.05, 3.63) is 59.7 Å². The summed E-state index contributed by atoms with van der Waals surface area (Å²) in [7, 11) is 2.12. The summed E-state index contributed by atoms with van der Waals surface area (Å²) in [6.45, 7) is 4.92. The summed E-state index contributed by atoms with van der Waals surface area (Å²) in [5, 5.41) is 0. The van der Waals surface area contributed by atoms with E-state index in [1.807, 2.05) is 31.2 Å². The zero-order chi connectivity index (χ0) is 22.8. The van der Waals surface area contributed by atoms with Gasteiger partial charge in [0.15, 0.2) is 5.78 Å². The molecule has 0 spiro atoms. The van der Waals surface area contributed by atoms with Crippen LogP contribution in [0.3, 0.4) is 0 Å². The second-order valence-electron chi connectivity index (χ2n) is 8.46. The first kappa shape index (κ1) is 24.1. The van der Waals surface area contributed by atoms with Gasteiger partial charge in [0.05, 0.1) is 19.3 Å². The molecule has 1 heterocycles. The van der Waals surface area contributed by atoms with Gasteiger partial charge in [-0.25, -0.2) is 0 Å².